The number of hydrogen-bond acceptors (Lipinski definition) is 5. The number of carbonyl (C=O) groups is 1. The number of aromatic nitrogens is 2. The van der Waals surface area contributed by atoms with Crippen molar-refractivity contribution in [1.29, 1.82) is 0 Å². The van der Waals surface area contributed by atoms with Crippen LogP contribution >= 0.6 is 0 Å². The van der Waals surface area contributed by atoms with Crippen LogP contribution < -0.4 is 10.3 Å². The number of nitrogens with zero attached hydrogens (tertiary/aromatic N) is 1. The number of H-pyrrole nitrogens is 1. The van der Waals surface area contributed by atoms with Gasteiger partial charge in [-0.2, -0.15) is 0 Å². The Morgan fingerprint density at radius 2 is 2.00 bits per heavy atom. The lowest BCUT2D eigenvalue weighted by Crippen LogP contribution is -2.24. The maximum absolute atomic E-state index is 12.3. The molecule has 5 rings (SSSR count). The molecule has 0 radical (unpaired) electrons. The van der Waals surface area contributed by atoms with Crippen LogP contribution in [0.1, 0.15) is 37.5 Å². The van der Waals surface area contributed by atoms with Crippen LogP contribution in [0.25, 0.3) is 32.9 Å². The number of aromatic amines is 1. The van der Waals surface area contributed by atoms with Gasteiger partial charge in [-0.3, -0.25) is 14.6 Å². The summed E-state index contributed by atoms with van der Waals surface area (Å²) in [6, 6.07) is 11.5. The molecule has 34 heavy (non-hydrogen) atoms. The van der Waals surface area contributed by atoms with Gasteiger partial charge in [0, 0.05) is 47.0 Å². The average Bonchev–Trinajstić information content (AvgIpc) is 2.79. The normalized spacial score (nSPS) is 13.2. The van der Waals surface area contributed by atoms with E-state index in [4.69, 9.17) is 14.5 Å². The summed E-state index contributed by atoms with van der Waals surface area (Å²) in [5.74, 6) is 0.622. The van der Waals surface area contributed by atoms with E-state index in [9.17, 15) is 9.59 Å². The second-order valence-electron chi connectivity index (χ2n) is 9.87. The summed E-state index contributed by atoms with van der Waals surface area (Å²) < 4.78 is 11.5. The first kappa shape index (κ1) is 22.1. The van der Waals surface area contributed by atoms with E-state index in [-0.39, 0.29) is 18.1 Å². The Morgan fingerprint density at radius 1 is 1.18 bits per heavy atom. The zero-order valence-electron chi connectivity index (χ0n) is 20.0. The van der Waals surface area contributed by atoms with Gasteiger partial charge in [-0.1, -0.05) is 0 Å². The fraction of sp³-hybridized carbons (Fsp3) is 0.321. The van der Waals surface area contributed by atoms with E-state index in [1.165, 1.54) is 5.56 Å². The number of carbonyl (C=O) groups excluding carboxylic acids is 1. The molecule has 0 unspecified atom stereocenters. The number of aryl methyl sites for hydroxylation is 1. The molecule has 0 aliphatic carbocycles. The highest BCUT2D eigenvalue weighted by Crippen LogP contribution is 2.41. The monoisotopic (exact) mass is 456 g/mol. The van der Waals surface area contributed by atoms with Crippen LogP contribution in [0, 0.1) is 12.3 Å². The summed E-state index contributed by atoms with van der Waals surface area (Å²) in [4.78, 5) is 32.2. The molecule has 0 atom stereocenters. The maximum Gasteiger partial charge on any atom is 0.311 e. The Hall–Kier alpha value is -3.67. The van der Waals surface area contributed by atoms with E-state index in [0.717, 1.165) is 56.2 Å². The molecular weight excluding hydrogens is 428 g/mol. The molecule has 2 aromatic heterocycles. The van der Waals surface area contributed by atoms with E-state index >= 15 is 0 Å². The highest BCUT2D eigenvalue weighted by molar-refractivity contribution is 6.07. The van der Waals surface area contributed by atoms with Crippen LogP contribution in [0.2, 0.25) is 0 Å². The Labute approximate surface area is 197 Å². The SMILES string of the molecule is Cc1cc2[nH]c(=O)ccc2c(-c2ccc3c4c(ccnc24)CCO3)c1CCOC(=O)C(C)(C)C. The van der Waals surface area contributed by atoms with Gasteiger partial charge in [-0.25, -0.2) is 0 Å². The minimum Gasteiger partial charge on any atom is -0.493 e. The molecule has 3 heterocycles. The van der Waals surface area contributed by atoms with Crippen molar-refractivity contribution in [1.82, 2.24) is 9.97 Å². The number of rotatable bonds is 4. The summed E-state index contributed by atoms with van der Waals surface area (Å²) in [5.41, 5.74) is 6.23. The van der Waals surface area contributed by atoms with E-state index in [0.29, 0.717) is 13.0 Å². The van der Waals surface area contributed by atoms with Crippen molar-refractivity contribution in [3.05, 3.63) is 69.6 Å². The van der Waals surface area contributed by atoms with Gasteiger partial charge in [-0.05, 0) is 80.3 Å². The van der Waals surface area contributed by atoms with Crippen LogP contribution in [-0.4, -0.2) is 29.2 Å². The summed E-state index contributed by atoms with van der Waals surface area (Å²) in [6.45, 7) is 8.50. The average molecular weight is 457 g/mol. The molecule has 0 saturated heterocycles. The van der Waals surface area contributed by atoms with Crippen LogP contribution in [0.3, 0.4) is 0 Å². The fourth-order valence-electron chi connectivity index (χ4n) is 4.68. The van der Waals surface area contributed by atoms with Gasteiger partial charge in [-0.15, -0.1) is 0 Å². The molecule has 1 aliphatic heterocycles. The number of ether oxygens (including phenoxy) is 2. The number of nitrogens with one attached hydrogen (secondary N) is 1. The van der Waals surface area contributed by atoms with Crippen LogP contribution in [0.15, 0.2) is 47.4 Å². The lowest BCUT2D eigenvalue weighted by Gasteiger charge is -2.22. The van der Waals surface area contributed by atoms with Crippen LogP contribution in [0.5, 0.6) is 5.75 Å². The third-order valence-electron chi connectivity index (χ3n) is 6.39. The topological polar surface area (TPSA) is 81.3 Å². The molecule has 2 aromatic carbocycles. The molecule has 0 saturated carbocycles. The Kier molecular flexibility index (Phi) is 5.39. The first-order valence-electron chi connectivity index (χ1n) is 11.6. The molecule has 1 N–H and O–H groups in total. The molecule has 0 spiro atoms. The third kappa shape index (κ3) is 3.83. The number of benzene rings is 2. The van der Waals surface area contributed by atoms with Crippen molar-refractivity contribution < 1.29 is 14.3 Å². The van der Waals surface area contributed by atoms with E-state index < -0.39 is 5.41 Å². The summed E-state index contributed by atoms with van der Waals surface area (Å²) in [5, 5.41) is 1.97. The van der Waals surface area contributed by atoms with E-state index in [1.807, 2.05) is 58.2 Å². The first-order valence-corrected chi connectivity index (χ1v) is 11.6. The largest absolute Gasteiger partial charge is 0.493 e. The lowest BCUT2D eigenvalue weighted by molar-refractivity contribution is -0.152. The van der Waals surface area contributed by atoms with Gasteiger partial charge >= 0.3 is 5.97 Å². The smallest absolute Gasteiger partial charge is 0.311 e. The molecule has 0 fully saturated rings. The second-order valence-corrected chi connectivity index (χ2v) is 9.87. The van der Waals surface area contributed by atoms with Gasteiger partial charge in [0.1, 0.15) is 5.75 Å². The first-order chi connectivity index (χ1) is 16.2. The van der Waals surface area contributed by atoms with Gasteiger partial charge in [0.05, 0.1) is 24.1 Å². The molecule has 0 bridgehead atoms. The Balaban J connectivity index is 1.71. The van der Waals surface area contributed by atoms with Gasteiger partial charge in [0.25, 0.3) is 0 Å². The van der Waals surface area contributed by atoms with Crippen LogP contribution in [0.4, 0.5) is 0 Å². The van der Waals surface area contributed by atoms with Crippen molar-refractivity contribution in [3.63, 3.8) is 0 Å². The minimum absolute atomic E-state index is 0.145. The molecule has 4 aromatic rings. The number of fused-ring (bicyclic) bond motifs is 1. The van der Waals surface area contributed by atoms with Crippen molar-refractivity contribution in [2.24, 2.45) is 5.41 Å². The van der Waals surface area contributed by atoms with E-state index in [1.54, 1.807) is 6.07 Å². The van der Waals surface area contributed by atoms with Crippen molar-refractivity contribution in [3.8, 4) is 16.9 Å². The predicted octanol–water partition coefficient (Wildman–Crippen LogP) is 5.12. The number of hydrogen-bond donors (Lipinski definition) is 1. The molecule has 174 valence electrons. The summed E-state index contributed by atoms with van der Waals surface area (Å²) in [7, 11) is 0. The predicted molar refractivity (Wildman–Crippen MR) is 133 cm³/mol. The van der Waals surface area contributed by atoms with Crippen molar-refractivity contribution in [2.45, 2.75) is 40.5 Å². The zero-order chi connectivity index (χ0) is 24.0. The Bertz CT molecular complexity index is 1480. The number of esters is 1. The fourth-order valence-corrected chi connectivity index (χ4v) is 4.68. The van der Waals surface area contributed by atoms with Gasteiger partial charge in [0.2, 0.25) is 5.56 Å². The molecule has 6 nitrogen and oxygen atoms in total. The van der Waals surface area contributed by atoms with Crippen molar-refractivity contribution >= 4 is 27.8 Å². The second kappa shape index (κ2) is 8.28. The molecule has 1 aliphatic rings. The summed E-state index contributed by atoms with van der Waals surface area (Å²) >= 11 is 0. The van der Waals surface area contributed by atoms with Gasteiger partial charge < -0.3 is 14.5 Å². The maximum atomic E-state index is 12.3. The standard InChI is InChI=1S/C28H28N2O4/c1-16-15-21-19(6-8-23(31)30-21)25(18(16)11-14-34-27(32)28(2,3)4)20-5-7-22-24-17(10-13-33-22)9-12-29-26(20)24/h5-9,12,15H,10-11,13-14H2,1-4H3,(H,30,31). The zero-order valence-corrected chi connectivity index (χ0v) is 20.0. The van der Waals surface area contributed by atoms with Crippen molar-refractivity contribution in [2.75, 3.05) is 13.2 Å². The summed E-state index contributed by atoms with van der Waals surface area (Å²) in [6.07, 6.45) is 3.24. The third-order valence-corrected chi connectivity index (χ3v) is 6.39. The van der Waals surface area contributed by atoms with Gasteiger partial charge in [0.15, 0.2) is 0 Å². The highest BCUT2D eigenvalue weighted by atomic mass is 16.5. The quantitative estimate of drug-likeness (QED) is 0.431. The molecule has 6 heteroatoms. The lowest BCUT2D eigenvalue weighted by atomic mass is 9.88. The van der Waals surface area contributed by atoms with Crippen LogP contribution in [-0.2, 0) is 22.4 Å². The van der Waals surface area contributed by atoms with E-state index in [2.05, 4.69) is 11.1 Å². The highest BCUT2D eigenvalue weighted by Gasteiger charge is 2.24. The molecular formula is C28H28N2O4. The minimum atomic E-state index is -0.555. The number of pyridine rings is 2. The molecule has 0 amide bonds. The Morgan fingerprint density at radius 3 is 2.79 bits per heavy atom.